The number of benzene rings is 1. The molecule has 0 aliphatic rings. The number of hydrogen-bond donors (Lipinski definition) is 1. The summed E-state index contributed by atoms with van der Waals surface area (Å²) in [6.45, 7) is 6.53. The first kappa shape index (κ1) is 15.7. The zero-order valence-electron chi connectivity index (χ0n) is 12.6. The summed E-state index contributed by atoms with van der Waals surface area (Å²) in [6.07, 6.45) is 3.61. The van der Waals surface area contributed by atoms with Crippen LogP contribution in [0.1, 0.15) is 37.4 Å². The topological polar surface area (TPSA) is 64.0 Å². The van der Waals surface area contributed by atoms with E-state index in [-0.39, 0.29) is 10.9 Å². The lowest BCUT2D eigenvalue weighted by atomic mass is 10.0. The van der Waals surface area contributed by atoms with Crippen molar-refractivity contribution < 1.29 is 8.42 Å². The molecule has 0 spiro atoms. The van der Waals surface area contributed by atoms with Crippen LogP contribution in [0.5, 0.6) is 0 Å². The molecule has 0 saturated carbocycles. The summed E-state index contributed by atoms with van der Waals surface area (Å²) < 4.78 is 29.2. The van der Waals surface area contributed by atoms with Crippen molar-refractivity contribution in [2.75, 3.05) is 0 Å². The van der Waals surface area contributed by atoms with Crippen LogP contribution >= 0.6 is 0 Å². The van der Waals surface area contributed by atoms with Crippen molar-refractivity contribution in [1.82, 2.24) is 14.5 Å². The van der Waals surface area contributed by atoms with Gasteiger partial charge in [0.25, 0.3) is 0 Å². The second kappa shape index (κ2) is 6.41. The first-order valence-corrected chi connectivity index (χ1v) is 8.56. The van der Waals surface area contributed by atoms with Gasteiger partial charge >= 0.3 is 0 Å². The molecular formula is C15H21N3O2S. The maximum Gasteiger partial charge on any atom is 0.244 e. The molecule has 2 rings (SSSR count). The lowest BCUT2D eigenvalue weighted by Crippen LogP contribution is -2.28. The third kappa shape index (κ3) is 3.71. The van der Waals surface area contributed by atoms with Gasteiger partial charge in [-0.1, -0.05) is 36.8 Å². The van der Waals surface area contributed by atoms with Gasteiger partial charge in [0.1, 0.15) is 4.90 Å². The Morgan fingerprint density at radius 3 is 2.43 bits per heavy atom. The summed E-state index contributed by atoms with van der Waals surface area (Å²) in [5.74, 6) is 0. The van der Waals surface area contributed by atoms with Gasteiger partial charge in [-0.25, -0.2) is 13.1 Å². The van der Waals surface area contributed by atoms with Gasteiger partial charge in [0, 0.05) is 18.8 Å². The van der Waals surface area contributed by atoms with Crippen LogP contribution in [0, 0.1) is 6.92 Å². The normalized spacial score (nSPS) is 13.3. The molecule has 1 aromatic heterocycles. The van der Waals surface area contributed by atoms with E-state index < -0.39 is 10.0 Å². The van der Waals surface area contributed by atoms with Crippen LogP contribution in [0.4, 0.5) is 0 Å². The number of nitrogens with zero attached hydrogens (tertiary/aromatic N) is 2. The molecule has 1 atom stereocenters. The van der Waals surface area contributed by atoms with Gasteiger partial charge in [0.05, 0.1) is 6.20 Å². The lowest BCUT2D eigenvalue weighted by molar-refractivity contribution is 0.549. The first-order chi connectivity index (χ1) is 9.96. The summed E-state index contributed by atoms with van der Waals surface area (Å²) in [4.78, 5) is 0.204. The van der Waals surface area contributed by atoms with E-state index in [0.717, 1.165) is 11.1 Å². The molecule has 0 unspecified atom stereocenters. The van der Waals surface area contributed by atoms with Crippen molar-refractivity contribution in [1.29, 1.82) is 0 Å². The molecule has 0 bridgehead atoms. The van der Waals surface area contributed by atoms with Crippen LogP contribution in [-0.4, -0.2) is 18.2 Å². The quantitative estimate of drug-likeness (QED) is 0.892. The van der Waals surface area contributed by atoms with E-state index in [1.807, 2.05) is 45.0 Å². The van der Waals surface area contributed by atoms with Crippen LogP contribution < -0.4 is 4.72 Å². The molecule has 1 aromatic carbocycles. The molecule has 0 fully saturated rings. The Morgan fingerprint density at radius 2 is 1.90 bits per heavy atom. The Labute approximate surface area is 126 Å². The highest BCUT2D eigenvalue weighted by Gasteiger charge is 2.21. The van der Waals surface area contributed by atoms with Crippen LogP contribution in [0.25, 0.3) is 0 Å². The maximum absolute atomic E-state index is 12.4. The molecule has 5 nitrogen and oxygen atoms in total. The predicted molar refractivity (Wildman–Crippen MR) is 82.4 cm³/mol. The summed E-state index contributed by atoms with van der Waals surface area (Å²) in [5, 5.41) is 4.02. The zero-order chi connectivity index (χ0) is 15.5. The van der Waals surface area contributed by atoms with Gasteiger partial charge < -0.3 is 0 Å². The van der Waals surface area contributed by atoms with Crippen molar-refractivity contribution in [3.8, 4) is 0 Å². The van der Waals surface area contributed by atoms with Crippen LogP contribution in [-0.2, 0) is 16.6 Å². The number of aryl methyl sites for hydroxylation is 2. The lowest BCUT2D eigenvalue weighted by Gasteiger charge is -2.17. The second-order valence-corrected chi connectivity index (χ2v) is 6.74. The molecule has 0 aliphatic carbocycles. The standard InChI is InChI=1S/C15H21N3O2S/c1-4-15(13-8-6-12(3)7-9-13)17-21(19,20)14-10-16-18(5-2)11-14/h6-11,15,17H,4-5H2,1-3H3/t15-/m1/s1. The number of rotatable bonds is 6. The minimum absolute atomic E-state index is 0.204. The minimum atomic E-state index is -3.55. The highest BCUT2D eigenvalue weighted by molar-refractivity contribution is 7.89. The monoisotopic (exact) mass is 307 g/mol. The van der Waals surface area contributed by atoms with Gasteiger partial charge in [-0.2, -0.15) is 5.10 Å². The van der Waals surface area contributed by atoms with E-state index in [2.05, 4.69) is 9.82 Å². The van der Waals surface area contributed by atoms with Crippen LogP contribution in [0.3, 0.4) is 0 Å². The van der Waals surface area contributed by atoms with E-state index in [4.69, 9.17) is 0 Å². The smallest absolute Gasteiger partial charge is 0.244 e. The zero-order valence-corrected chi connectivity index (χ0v) is 13.4. The molecule has 21 heavy (non-hydrogen) atoms. The molecule has 0 amide bonds. The van der Waals surface area contributed by atoms with Gasteiger partial charge in [-0.05, 0) is 25.8 Å². The molecule has 0 aliphatic heterocycles. The number of hydrogen-bond acceptors (Lipinski definition) is 3. The molecule has 1 N–H and O–H groups in total. The van der Waals surface area contributed by atoms with Crippen molar-refractivity contribution in [2.45, 2.75) is 44.7 Å². The summed E-state index contributed by atoms with van der Waals surface area (Å²) in [7, 11) is -3.55. The SMILES string of the molecule is CC[C@@H](NS(=O)(=O)c1cnn(CC)c1)c1ccc(C)cc1. The summed E-state index contributed by atoms with van der Waals surface area (Å²) >= 11 is 0. The van der Waals surface area contributed by atoms with Crippen molar-refractivity contribution in [2.24, 2.45) is 0 Å². The fourth-order valence-corrected chi connectivity index (χ4v) is 3.36. The summed E-state index contributed by atoms with van der Waals surface area (Å²) in [5.41, 5.74) is 2.12. The minimum Gasteiger partial charge on any atom is -0.272 e. The highest BCUT2D eigenvalue weighted by Crippen LogP contribution is 2.20. The van der Waals surface area contributed by atoms with Gasteiger partial charge in [0.2, 0.25) is 10.0 Å². The second-order valence-electron chi connectivity index (χ2n) is 5.02. The molecular weight excluding hydrogens is 286 g/mol. The number of aromatic nitrogens is 2. The van der Waals surface area contributed by atoms with Crippen LogP contribution in [0.15, 0.2) is 41.6 Å². The third-order valence-corrected chi connectivity index (χ3v) is 4.86. The highest BCUT2D eigenvalue weighted by atomic mass is 32.2. The van der Waals surface area contributed by atoms with E-state index in [0.29, 0.717) is 13.0 Å². The number of sulfonamides is 1. The van der Waals surface area contributed by atoms with Crippen LogP contribution in [0.2, 0.25) is 0 Å². The Hall–Kier alpha value is -1.66. The van der Waals surface area contributed by atoms with E-state index >= 15 is 0 Å². The van der Waals surface area contributed by atoms with Gasteiger partial charge in [-0.15, -0.1) is 0 Å². The average Bonchev–Trinajstić information content (AvgIpc) is 2.95. The van der Waals surface area contributed by atoms with Gasteiger partial charge in [-0.3, -0.25) is 4.68 Å². The van der Waals surface area contributed by atoms with E-state index in [1.54, 1.807) is 10.9 Å². The van der Waals surface area contributed by atoms with E-state index in [1.165, 1.54) is 6.20 Å². The fourth-order valence-electron chi connectivity index (χ4n) is 2.10. The fraction of sp³-hybridized carbons (Fsp3) is 0.400. The Bertz CT molecular complexity index is 690. The number of nitrogens with one attached hydrogen (secondary N) is 1. The predicted octanol–water partition coefficient (Wildman–Crippen LogP) is 2.64. The van der Waals surface area contributed by atoms with Crippen molar-refractivity contribution in [3.05, 3.63) is 47.8 Å². The Kier molecular flexibility index (Phi) is 4.80. The molecule has 1 heterocycles. The maximum atomic E-state index is 12.4. The average molecular weight is 307 g/mol. The Balaban J connectivity index is 2.22. The molecule has 0 saturated heterocycles. The Morgan fingerprint density at radius 1 is 1.24 bits per heavy atom. The summed E-state index contributed by atoms with van der Waals surface area (Å²) in [6, 6.07) is 7.66. The van der Waals surface area contributed by atoms with Crippen molar-refractivity contribution >= 4 is 10.0 Å². The molecule has 0 radical (unpaired) electrons. The molecule has 6 heteroatoms. The third-order valence-electron chi connectivity index (χ3n) is 3.43. The van der Waals surface area contributed by atoms with Gasteiger partial charge in [0.15, 0.2) is 0 Å². The van der Waals surface area contributed by atoms with Crippen molar-refractivity contribution in [3.63, 3.8) is 0 Å². The van der Waals surface area contributed by atoms with E-state index in [9.17, 15) is 8.42 Å². The first-order valence-electron chi connectivity index (χ1n) is 7.07. The molecule has 2 aromatic rings. The molecule has 114 valence electrons. The largest absolute Gasteiger partial charge is 0.272 e.